The number of rotatable bonds is 5. The maximum atomic E-state index is 13.8. The Balaban J connectivity index is 1.60. The van der Waals surface area contributed by atoms with Gasteiger partial charge >= 0.3 is 0 Å². The van der Waals surface area contributed by atoms with Crippen LogP contribution in [0.5, 0.6) is 5.75 Å². The maximum Gasteiger partial charge on any atom is 0.165 e. The van der Waals surface area contributed by atoms with Crippen LogP contribution in [0.1, 0.15) is 37.7 Å². The van der Waals surface area contributed by atoms with E-state index in [0.29, 0.717) is 24.7 Å². The van der Waals surface area contributed by atoms with Crippen LogP contribution < -0.4 is 4.74 Å². The van der Waals surface area contributed by atoms with Crippen molar-refractivity contribution in [2.45, 2.75) is 44.1 Å². The molecule has 2 fully saturated rings. The number of aliphatic hydroxyl groups is 1. The minimum absolute atomic E-state index is 0.309. The topological polar surface area (TPSA) is 29.5 Å². The van der Waals surface area contributed by atoms with Gasteiger partial charge in [0.1, 0.15) is 0 Å². The molecule has 1 N–H and O–H groups in total. The molecule has 0 radical (unpaired) electrons. The molecule has 1 aromatic carbocycles. The third kappa shape index (κ3) is 2.66. The molecule has 0 aliphatic heterocycles. The summed E-state index contributed by atoms with van der Waals surface area (Å²) in [5.74, 6) is 0.640. The molecule has 0 bridgehead atoms. The molecule has 3 rings (SSSR count). The van der Waals surface area contributed by atoms with Gasteiger partial charge in [-0.25, -0.2) is 4.39 Å². The van der Waals surface area contributed by atoms with Crippen molar-refractivity contribution in [3.8, 4) is 5.75 Å². The Morgan fingerprint density at radius 3 is 2.67 bits per heavy atom. The molecule has 2 aliphatic rings. The van der Waals surface area contributed by atoms with Crippen LogP contribution in [-0.2, 0) is 6.42 Å². The first-order chi connectivity index (χ1) is 8.65. The van der Waals surface area contributed by atoms with Crippen LogP contribution in [0.4, 0.5) is 4.39 Å². The molecule has 0 atom stereocenters. The van der Waals surface area contributed by atoms with Crippen molar-refractivity contribution in [2.75, 3.05) is 6.61 Å². The summed E-state index contributed by atoms with van der Waals surface area (Å²) in [7, 11) is 0. The van der Waals surface area contributed by atoms with Crippen molar-refractivity contribution in [3.63, 3.8) is 0 Å². The van der Waals surface area contributed by atoms with E-state index in [9.17, 15) is 9.50 Å². The standard InChI is InChI=1S/C15H19FO2/c16-13-8-12(9-15(17)6-7-15)4-5-14(13)18-10-11-2-1-3-11/h4-5,8,11,17H,1-3,6-7,9-10H2. The average molecular weight is 250 g/mol. The van der Waals surface area contributed by atoms with Crippen molar-refractivity contribution in [1.29, 1.82) is 0 Å². The van der Waals surface area contributed by atoms with Crippen LogP contribution in [0.3, 0.4) is 0 Å². The molecule has 2 aliphatic carbocycles. The summed E-state index contributed by atoms with van der Waals surface area (Å²) in [6, 6.07) is 5.04. The van der Waals surface area contributed by atoms with Crippen molar-refractivity contribution < 1.29 is 14.2 Å². The van der Waals surface area contributed by atoms with Gasteiger partial charge < -0.3 is 9.84 Å². The van der Waals surface area contributed by atoms with Crippen LogP contribution in [0.15, 0.2) is 18.2 Å². The van der Waals surface area contributed by atoms with E-state index in [4.69, 9.17) is 4.74 Å². The lowest BCUT2D eigenvalue weighted by Gasteiger charge is -2.25. The predicted octanol–water partition coefficient (Wildman–Crippen LogP) is 3.07. The normalized spacial score (nSPS) is 21.4. The molecule has 0 unspecified atom stereocenters. The molecule has 1 aromatic rings. The summed E-state index contributed by atoms with van der Waals surface area (Å²) in [4.78, 5) is 0. The molecular weight excluding hydrogens is 231 g/mol. The first-order valence-electron chi connectivity index (χ1n) is 6.78. The first kappa shape index (κ1) is 12.0. The van der Waals surface area contributed by atoms with Crippen LogP contribution in [0, 0.1) is 11.7 Å². The molecule has 0 aromatic heterocycles. The fraction of sp³-hybridized carbons (Fsp3) is 0.600. The van der Waals surface area contributed by atoms with Crippen molar-refractivity contribution in [1.82, 2.24) is 0 Å². The van der Waals surface area contributed by atoms with Gasteiger partial charge in [0.2, 0.25) is 0 Å². The van der Waals surface area contributed by atoms with Crippen LogP contribution in [0.2, 0.25) is 0 Å². The summed E-state index contributed by atoms with van der Waals surface area (Å²) < 4.78 is 19.3. The average Bonchev–Trinajstić information content (AvgIpc) is 2.97. The van der Waals surface area contributed by atoms with E-state index in [1.54, 1.807) is 6.07 Å². The van der Waals surface area contributed by atoms with Gasteiger partial charge in [0.15, 0.2) is 11.6 Å². The molecule has 0 amide bonds. The number of hydrogen-bond acceptors (Lipinski definition) is 2. The summed E-state index contributed by atoms with van der Waals surface area (Å²) in [5, 5.41) is 9.80. The molecule has 0 spiro atoms. The van der Waals surface area contributed by atoms with Crippen LogP contribution in [0.25, 0.3) is 0 Å². The monoisotopic (exact) mass is 250 g/mol. The third-order valence-electron chi connectivity index (χ3n) is 4.06. The zero-order valence-corrected chi connectivity index (χ0v) is 10.5. The Labute approximate surface area is 107 Å². The Bertz CT molecular complexity index is 436. The molecule has 98 valence electrons. The fourth-order valence-electron chi connectivity index (χ4n) is 2.34. The lowest BCUT2D eigenvalue weighted by Crippen LogP contribution is -2.19. The smallest absolute Gasteiger partial charge is 0.165 e. The van der Waals surface area contributed by atoms with E-state index < -0.39 is 5.60 Å². The number of benzene rings is 1. The van der Waals surface area contributed by atoms with Crippen molar-refractivity contribution in [3.05, 3.63) is 29.6 Å². The van der Waals surface area contributed by atoms with Gasteiger partial charge in [-0.1, -0.05) is 12.5 Å². The van der Waals surface area contributed by atoms with Crippen molar-refractivity contribution in [2.24, 2.45) is 5.92 Å². The second-order valence-electron chi connectivity index (χ2n) is 5.77. The molecule has 0 heterocycles. The van der Waals surface area contributed by atoms with E-state index in [-0.39, 0.29) is 5.82 Å². The summed E-state index contributed by atoms with van der Waals surface area (Å²) in [5.41, 5.74) is 0.282. The Kier molecular flexibility index (Phi) is 3.02. The van der Waals surface area contributed by atoms with E-state index in [2.05, 4.69) is 0 Å². The highest BCUT2D eigenvalue weighted by molar-refractivity contribution is 5.31. The van der Waals surface area contributed by atoms with Gasteiger partial charge in [-0.3, -0.25) is 0 Å². The van der Waals surface area contributed by atoms with E-state index >= 15 is 0 Å². The van der Waals surface area contributed by atoms with Gasteiger partial charge in [0, 0.05) is 6.42 Å². The highest BCUT2D eigenvalue weighted by Gasteiger charge is 2.40. The highest BCUT2D eigenvalue weighted by atomic mass is 19.1. The maximum absolute atomic E-state index is 13.8. The minimum atomic E-state index is -0.569. The predicted molar refractivity (Wildman–Crippen MR) is 67.1 cm³/mol. The molecule has 3 heteroatoms. The number of hydrogen-bond donors (Lipinski definition) is 1. The molecule has 18 heavy (non-hydrogen) atoms. The number of ether oxygens (including phenoxy) is 1. The lowest BCUT2D eigenvalue weighted by atomic mass is 9.86. The number of halogens is 1. The van der Waals surface area contributed by atoms with Crippen LogP contribution >= 0.6 is 0 Å². The largest absolute Gasteiger partial charge is 0.490 e. The zero-order valence-electron chi connectivity index (χ0n) is 10.5. The summed E-state index contributed by atoms with van der Waals surface area (Å²) in [6.45, 7) is 0.625. The van der Waals surface area contributed by atoms with Gasteiger partial charge in [-0.05, 0) is 49.3 Å². The van der Waals surface area contributed by atoms with Gasteiger partial charge in [-0.2, -0.15) is 0 Å². The minimum Gasteiger partial charge on any atom is -0.490 e. The lowest BCUT2D eigenvalue weighted by molar-refractivity contribution is 0.150. The van der Waals surface area contributed by atoms with E-state index in [1.807, 2.05) is 6.07 Å². The fourth-order valence-corrected chi connectivity index (χ4v) is 2.34. The molecule has 2 saturated carbocycles. The van der Waals surface area contributed by atoms with E-state index in [0.717, 1.165) is 18.4 Å². The molecule has 2 nitrogen and oxygen atoms in total. The Morgan fingerprint density at radius 1 is 1.33 bits per heavy atom. The first-order valence-corrected chi connectivity index (χ1v) is 6.78. The van der Waals surface area contributed by atoms with Gasteiger partial charge in [0.05, 0.1) is 12.2 Å². The molecule has 0 saturated heterocycles. The quantitative estimate of drug-likeness (QED) is 0.870. The molecular formula is C15H19FO2. The Hall–Kier alpha value is -1.09. The highest BCUT2D eigenvalue weighted by Crippen LogP contribution is 2.38. The van der Waals surface area contributed by atoms with Crippen molar-refractivity contribution >= 4 is 0 Å². The van der Waals surface area contributed by atoms with Gasteiger partial charge in [-0.15, -0.1) is 0 Å². The summed E-state index contributed by atoms with van der Waals surface area (Å²) in [6.07, 6.45) is 5.88. The van der Waals surface area contributed by atoms with E-state index in [1.165, 1.54) is 25.3 Å². The Morgan fingerprint density at radius 2 is 2.11 bits per heavy atom. The summed E-state index contributed by atoms with van der Waals surface area (Å²) >= 11 is 0. The van der Waals surface area contributed by atoms with Crippen LogP contribution in [-0.4, -0.2) is 17.3 Å². The second-order valence-corrected chi connectivity index (χ2v) is 5.77. The third-order valence-corrected chi connectivity index (χ3v) is 4.06. The van der Waals surface area contributed by atoms with Gasteiger partial charge in [0.25, 0.3) is 0 Å². The SMILES string of the molecule is OC1(Cc2ccc(OCC3CCC3)c(F)c2)CC1. The second kappa shape index (κ2) is 4.54. The zero-order chi connectivity index (χ0) is 12.6.